The van der Waals surface area contributed by atoms with Gasteiger partial charge in [0.1, 0.15) is 11.9 Å². The van der Waals surface area contributed by atoms with E-state index in [-0.39, 0.29) is 11.5 Å². The SMILES string of the molecule is CC(OC(=O)c1ccc(-n2cnnn2)cc1)C(=O)N1c2ccccc2NC(=O)C1(C)C. The second-order valence-corrected chi connectivity index (χ2v) is 7.55. The Hall–Kier alpha value is -4.08. The first-order valence-corrected chi connectivity index (χ1v) is 9.58. The summed E-state index contributed by atoms with van der Waals surface area (Å²) in [6.45, 7) is 4.77. The number of para-hydroxylation sites is 2. The number of amides is 2. The number of anilines is 2. The van der Waals surface area contributed by atoms with Gasteiger partial charge in [-0.05, 0) is 67.6 Å². The van der Waals surface area contributed by atoms with E-state index in [1.807, 2.05) is 0 Å². The molecule has 0 bridgehead atoms. The van der Waals surface area contributed by atoms with E-state index >= 15 is 0 Å². The Bertz CT molecular complexity index is 1140. The monoisotopic (exact) mass is 420 g/mol. The number of nitrogens with zero attached hydrogens (tertiary/aromatic N) is 5. The molecule has 1 aliphatic rings. The molecule has 0 saturated carbocycles. The van der Waals surface area contributed by atoms with Crippen LogP contribution in [0.4, 0.5) is 11.4 Å². The quantitative estimate of drug-likeness (QED) is 0.641. The second kappa shape index (κ2) is 7.63. The van der Waals surface area contributed by atoms with Crippen LogP contribution in [-0.2, 0) is 14.3 Å². The van der Waals surface area contributed by atoms with Crippen molar-refractivity contribution in [1.82, 2.24) is 20.2 Å². The molecule has 2 aromatic carbocycles. The molecule has 1 N–H and O–H groups in total. The number of carbonyl (C=O) groups excluding carboxylic acids is 3. The molecule has 1 aliphatic heterocycles. The number of fused-ring (bicyclic) bond motifs is 1. The van der Waals surface area contributed by atoms with Crippen LogP contribution < -0.4 is 10.2 Å². The molecule has 2 heterocycles. The van der Waals surface area contributed by atoms with Crippen molar-refractivity contribution >= 4 is 29.2 Å². The highest BCUT2D eigenvalue weighted by Crippen LogP contribution is 2.37. The first-order chi connectivity index (χ1) is 14.8. The number of benzene rings is 2. The maximum atomic E-state index is 13.2. The second-order valence-electron chi connectivity index (χ2n) is 7.55. The maximum absolute atomic E-state index is 13.2. The van der Waals surface area contributed by atoms with Crippen molar-refractivity contribution in [2.45, 2.75) is 32.4 Å². The van der Waals surface area contributed by atoms with E-state index in [1.54, 1.807) is 62.4 Å². The number of hydrogen-bond acceptors (Lipinski definition) is 7. The molecule has 0 spiro atoms. The fourth-order valence-electron chi connectivity index (χ4n) is 3.34. The van der Waals surface area contributed by atoms with E-state index in [4.69, 9.17) is 4.74 Å². The zero-order valence-corrected chi connectivity index (χ0v) is 17.1. The average Bonchev–Trinajstić information content (AvgIpc) is 3.29. The third-order valence-corrected chi connectivity index (χ3v) is 5.08. The normalized spacial score (nSPS) is 15.6. The average molecular weight is 420 g/mol. The number of aromatic nitrogens is 4. The summed E-state index contributed by atoms with van der Waals surface area (Å²) in [5.74, 6) is -1.47. The largest absolute Gasteiger partial charge is 0.449 e. The lowest BCUT2D eigenvalue weighted by Crippen LogP contribution is -2.60. The van der Waals surface area contributed by atoms with Gasteiger partial charge in [0, 0.05) is 0 Å². The minimum absolute atomic E-state index is 0.271. The molecule has 1 atom stereocenters. The van der Waals surface area contributed by atoms with Crippen molar-refractivity contribution in [3.8, 4) is 5.69 Å². The fourth-order valence-corrected chi connectivity index (χ4v) is 3.34. The van der Waals surface area contributed by atoms with Crippen LogP contribution in [0.3, 0.4) is 0 Å². The molecule has 0 saturated heterocycles. The van der Waals surface area contributed by atoms with Crippen molar-refractivity contribution in [2.75, 3.05) is 10.2 Å². The molecule has 31 heavy (non-hydrogen) atoms. The molecule has 0 radical (unpaired) electrons. The van der Waals surface area contributed by atoms with E-state index < -0.39 is 23.5 Å². The van der Waals surface area contributed by atoms with Crippen LogP contribution in [-0.4, -0.2) is 49.6 Å². The van der Waals surface area contributed by atoms with Crippen molar-refractivity contribution in [3.05, 3.63) is 60.4 Å². The number of ether oxygens (including phenoxy) is 1. The molecule has 0 fully saturated rings. The molecule has 2 amide bonds. The highest BCUT2D eigenvalue weighted by molar-refractivity contribution is 6.15. The standard InChI is InChI=1S/C21H20N6O4/c1-13(31-19(29)14-8-10-15(11-9-14)26-12-22-24-25-26)18(28)27-17-7-5-4-6-16(17)23-20(30)21(27,2)3/h4-13H,1-3H3,(H,23,30). The Morgan fingerprint density at radius 3 is 2.48 bits per heavy atom. The van der Waals surface area contributed by atoms with Crippen LogP contribution in [0.5, 0.6) is 0 Å². The lowest BCUT2D eigenvalue weighted by atomic mass is 9.95. The molecular weight excluding hydrogens is 400 g/mol. The molecule has 10 nitrogen and oxygen atoms in total. The minimum atomic E-state index is -1.15. The highest BCUT2D eigenvalue weighted by Gasteiger charge is 2.45. The molecule has 4 rings (SSSR count). The number of rotatable bonds is 4. The Balaban J connectivity index is 1.53. The summed E-state index contributed by atoms with van der Waals surface area (Å²) in [6, 6.07) is 13.4. The lowest BCUT2D eigenvalue weighted by Gasteiger charge is -2.42. The smallest absolute Gasteiger partial charge is 0.338 e. The third-order valence-electron chi connectivity index (χ3n) is 5.08. The van der Waals surface area contributed by atoms with Crippen molar-refractivity contribution < 1.29 is 19.1 Å². The van der Waals surface area contributed by atoms with Crippen LogP contribution >= 0.6 is 0 Å². The van der Waals surface area contributed by atoms with Gasteiger partial charge in [0.25, 0.3) is 5.91 Å². The summed E-state index contributed by atoms with van der Waals surface area (Å²) in [6.07, 6.45) is 0.326. The Labute approximate surface area is 177 Å². The van der Waals surface area contributed by atoms with Crippen LogP contribution in [0, 0.1) is 0 Å². The highest BCUT2D eigenvalue weighted by atomic mass is 16.5. The first kappa shape index (κ1) is 20.2. The number of esters is 1. The molecule has 158 valence electrons. The van der Waals surface area contributed by atoms with Gasteiger partial charge >= 0.3 is 5.97 Å². The predicted molar refractivity (Wildman–Crippen MR) is 111 cm³/mol. The number of nitrogens with one attached hydrogen (secondary N) is 1. The van der Waals surface area contributed by atoms with Gasteiger partial charge in [-0.15, -0.1) is 5.10 Å². The predicted octanol–water partition coefficient (Wildman–Crippen LogP) is 1.97. The maximum Gasteiger partial charge on any atom is 0.338 e. The van der Waals surface area contributed by atoms with Gasteiger partial charge in [-0.25, -0.2) is 9.48 Å². The Morgan fingerprint density at radius 2 is 1.81 bits per heavy atom. The van der Waals surface area contributed by atoms with Crippen molar-refractivity contribution in [1.29, 1.82) is 0 Å². The summed E-state index contributed by atoms with van der Waals surface area (Å²) in [7, 11) is 0. The van der Waals surface area contributed by atoms with Crippen LogP contribution in [0.2, 0.25) is 0 Å². The summed E-state index contributed by atoms with van der Waals surface area (Å²) in [5.41, 5.74) is 0.859. The van der Waals surface area contributed by atoms with E-state index in [0.29, 0.717) is 17.1 Å². The third kappa shape index (κ3) is 3.63. The lowest BCUT2D eigenvalue weighted by molar-refractivity contribution is -0.131. The Kier molecular flexibility index (Phi) is 4.97. The van der Waals surface area contributed by atoms with Gasteiger partial charge in [0.2, 0.25) is 5.91 Å². The van der Waals surface area contributed by atoms with E-state index in [2.05, 4.69) is 20.8 Å². The van der Waals surface area contributed by atoms with Gasteiger partial charge < -0.3 is 10.1 Å². The summed E-state index contributed by atoms with van der Waals surface area (Å²) in [5, 5.41) is 13.7. The number of hydrogen-bond donors (Lipinski definition) is 1. The molecule has 1 unspecified atom stereocenters. The zero-order valence-electron chi connectivity index (χ0n) is 17.1. The number of carbonyl (C=O) groups is 3. The van der Waals surface area contributed by atoms with Crippen LogP contribution in [0.1, 0.15) is 31.1 Å². The van der Waals surface area contributed by atoms with E-state index in [9.17, 15) is 14.4 Å². The number of tetrazole rings is 1. The summed E-state index contributed by atoms with van der Waals surface area (Å²) in [4.78, 5) is 39.8. The molecule has 10 heteroatoms. The summed E-state index contributed by atoms with van der Waals surface area (Å²) < 4.78 is 6.86. The van der Waals surface area contributed by atoms with Gasteiger partial charge in [0.15, 0.2) is 6.10 Å². The van der Waals surface area contributed by atoms with Crippen LogP contribution in [0.25, 0.3) is 5.69 Å². The minimum Gasteiger partial charge on any atom is -0.449 e. The molecule has 1 aromatic heterocycles. The Morgan fingerprint density at radius 1 is 1.10 bits per heavy atom. The van der Waals surface area contributed by atoms with Gasteiger partial charge in [-0.1, -0.05) is 12.1 Å². The topological polar surface area (TPSA) is 119 Å². The van der Waals surface area contributed by atoms with Crippen LogP contribution in [0.15, 0.2) is 54.9 Å². The summed E-state index contributed by atoms with van der Waals surface area (Å²) >= 11 is 0. The molecule has 3 aromatic rings. The first-order valence-electron chi connectivity index (χ1n) is 9.58. The van der Waals surface area contributed by atoms with Gasteiger partial charge in [-0.2, -0.15) is 0 Å². The fraction of sp³-hybridized carbons (Fsp3) is 0.238. The van der Waals surface area contributed by atoms with Crippen molar-refractivity contribution in [2.24, 2.45) is 0 Å². The molecular formula is C21H20N6O4. The van der Waals surface area contributed by atoms with E-state index in [1.165, 1.54) is 22.8 Å². The van der Waals surface area contributed by atoms with Crippen molar-refractivity contribution in [3.63, 3.8) is 0 Å². The van der Waals surface area contributed by atoms with Gasteiger partial charge in [-0.3, -0.25) is 14.5 Å². The van der Waals surface area contributed by atoms with Gasteiger partial charge in [0.05, 0.1) is 22.6 Å². The molecule has 0 aliphatic carbocycles. The van der Waals surface area contributed by atoms with E-state index in [0.717, 1.165) is 0 Å². The zero-order chi connectivity index (χ0) is 22.2.